The summed E-state index contributed by atoms with van der Waals surface area (Å²) >= 11 is 0. The zero-order valence-corrected chi connectivity index (χ0v) is 9.64. The molecule has 0 saturated heterocycles. The molecule has 3 aromatic rings. The van der Waals surface area contributed by atoms with Crippen LogP contribution in [-0.2, 0) is 0 Å². The molecule has 0 unspecified atom stereocenters. The summed E-state index contributed by atoms with van der Waals surface area (Å²) in [5.74, 6) is 0.732. The second-order valence-corrected chi connectivity index (χ2v) is 3.93. The van der Waals surface area contributed by atoms with Gasteiger partial charge in [0.05, 0.1) is 5.69 Å². The first-order chi connectivity index (χ1) is 8.25. The lowest BCUT2D eigenvalue weighted by Crippen LogP contribution is -1.91. The molecule has 2 heterocycles. The quantitative estimate of drug-likeness (QED) is 0.639. The lowest BCUT2D eigenvalue weighted by Gasteiger charge is -1.97. The normalized spacial score (nSPS) is 10.9. The predicted octanol–water partition coefficient (Wildman–Crippen LogP) is 2.90. The highest BCUT2D eigenvalue weighted by atomic mass is 16.5. The maximum atomic E-state index is 5.31. The van der Waals surface area contributed by atoms with Gasteiger partial charge in [-0.25, -0.2) is 9.97 Å². The first-order valence-corrected chi connectivity index (χ1v) is 5.42. The summed E-state index contributed by atoms with van der Waals surface area (Å²) in [7, 11) is 0. The summed E-state index contributed by atoms with van der Waals surface area (Å²) in [5, 5.41) is 4.09. The Bertz CT molecular complexity index is 674. The fourth-order valence-electron chi connectivity index (χ4n) is 1.89. The van der Waals surface area contributed by atoms with Crippen LogP contribution in [0.3, 0.4) is 0 Å². The summed E-state index contributed by atoms with van der Waals surface area (Å²) in [6.07, 6.45) is 0. The van der Waals surface area contributed by atoms with Gasteiger partial charge in [-0.05, 0) is 13.8 Å². The number of hydrogen-bond acceptors (Lipinski definition) is 4. The molecule has 0 bridgehead atoms. The molecule has 17 heavy (non-hydrogen) atoms. The van der Waals surface area contributed by atoms with Gasteiger partial charge in [-0.15, -0.1) is 0 Å². The minimum Gasteiger partial charge on any atom is -0.352 e. The van der Waals surface area contributed by atoms with Crippen LogP contribution in [-0.4, -0.2) is 15.1 Å². The molecule has 0 spiro atoms. The molecule has 84 valence electrons. The Kier molecular flexibility index (Phi) is 2.14. The van der Waals surface area contributed by atoms with Crippen LogP contribution < -0.4 is 0 Å². The SMILES string of the molecule is Cc1nc(C)c2onc(-c3ccccc3)c2n1. The molecule has 0 aliphatic heterocycles. The summed E-state index contributed by atoms with van der Waals surface area (Å²) in [6, 6.07) is 9.89. The Morgan fingerprint density at radius 1 is 1.00 bits per heavy atom. The lowest BCUT2D eigenvalue weighted by molar-refractivity contribution is 0.456. The van der Waals surface area contributed by atoms with Crippen LogP contribution in [0.1, 0.15) is 11.5 Å². The van der Waals surface area contributed by atoms with E-state index in [9.17, 15) is 0 Å². The van der Waals surface area contributed by atoms with Crippen LogP contribution in [0.25, 0.3) is 22.4 Å². The highest BCUT2D eigenvalue weighted by Crippen LogP contribution is 2.27. The van der Waals surface area contributed by atoms with Crippen LogP contribution in [0.2, 0.25) is 0 Å². The Hall–Kier alpha value is -2.23. The first-order valence-electron chi connectivity index (χ1n) is 5.42. The monoisotopic (exact) mass is 225 g/mol. The lowest BCUT2D eigenvalue weighted by atomic mass is 10.1. The fourth-order valence-corrected chi connectivity index (χ4v) is 1.89. The third-order valence-electron chi connectivity index (χ3n) is 2.65. The highest BCUT2D eigenvalue weighted by Gasteiger charge is 2.14. The van der Waals surface area contributed by atoms with Crippen molar-refractivity contribution in [1.29, 1.82) is 0 Å². The largest absolute Gasteiger partial charge is 0.352 e. The van der Waals surface area contributed by atoms with Gasteiger partial charge in [-0.3, -0.25) is 0 Å². The van der Waals surface area contributed by atoms with Crippen LogP contribution >= 0.6 is 0 Å². The maximum absolute atomic E-state index is 5.31. The molecule has 2 aromatic heterocycles. The number of fused-ring (bicyclic) bond motifs is 1. The van der Waals surface area contributed by atoms with Crippen molar-refractivity contribution in [2.24, 2.45) is 0 Å². The molecule has 0 aliphatic carbocycles. The summed E-state index contributed by atoms with van der Waals surface area (Å²) in [4.78, 5) is 8.67. The standard InChI is InChI=1S/C13H11N3O/c1-8-13-12(15-9(2)14-8)11(16-17-13)10-6-4-3-5-7-10/h3-7H,1-2H3. The van der Waals surface area contributed by atoms with Crippen molar-refractivity contribution in [3.63, 3.8) is 0 Å². The molecule has 0 saturated carbocycles. The average molecular weight is 225 g/mol. The van der Waals surface area contributed by atoms with E-state index >= 15 is 0 Å². The Balaban J connectivity index is 2.32. The van der Waals surface area contributed by atoms with E-state index < -0.39 is 0 Å². The van der Waals surface area contributed by atoms with Gasteiger partial charge in [0.15, 0.2) is 0 Å². The van der Waals surface area contributed by atoms with E-state index in [0.717, 1.165) is 28.3 Å². The zero-order valence-electron chi connectivity index (χ0n) is 9.64. The molecule has 3 rings (SSSR count). The van der Waals surface area contributed by atoms with E-state index in [-0.39, 0.29) is 0 Å². The van der Waals surface area contributed by atoms with Crippen LogP contribution in [0.4, 0.5) is 0 Å². The fraction of sp³-hybridized carbons (Fsp3) is 0.154. The number of rotatable bonds is 1. The van der Waals surface area contributed by atoms with Gasteiger partial charge in [-0.1, -0.05) is 35.5 Å². The predicted molar refractivity (Wildman–Crippen MR) is 64.5 cm³/mol. The Morgan fingerprint density at radius 3 is 2.53 bits per heavy atom. The van der Waals surface area contributed by atoms with Crippen molar-refractivity contribution >= 4 is 11.1 Å². The molecule has 0 amide bonds. The molecule has 0 aliphatic rings. The number of hydrogen-bond donors (Lipinski definition) is 0. The second kappa shape index (κ2) is 3.66. The van der Waals surface area contributed by atoms with Gasteiger partial charge >= 0.3 is 0 Å². The van der Waals surface area contributed by atoms with Crippen LogP contribution in [0.15, 0.2) is 34.9 Å². The van der Waals surface area contributed by atoms with Gasteiger partial charge in [0, 0.05) is 5.56 Å². The molecule has 1 aromatic carbocycles. The maximum Gasteiger partial charge on any atom is 0.207 e. The molecule has 4 heteroatoms. The number of benzene rings is 1. The number of aryl methyl sites for hydroxylation is 2. The van der Waals surface area contributed by atoms with Crippen molar-refractivity contribution in [3.05, 3.63) is 41.9 Å². The molecule has 0 radical (unpaired) electrons. The smallest absolute Gasteiger partial charge is 0.207 e. The third-order valence-corrected chi connectivity index (χ3v) is 2.65. The molecule has 0 N–H and O–H groups in total. The van der Waals surface area contributed by atoms with Gasteiger partial charge < -0.3 is 4.52 Å². The molecule has 0 atom stereocenters. The van der Waals surface area contributed by atoms with Crippen molar-refractivity contribution in [3.8, 4) is 11.3 Å². The minimum absolute atomic E-state index is 0.662. The Morgan fingerprint density at radius 2 is 1.76 bits per heavy atom. The molecule has 0 fully saturated rings. The topological polar surface area (TPSA) is 51.8 Å². The number of aromatic nitrogens is 3. The van der Waals surface area contributed by atoms with Gasteiger partial charge in [-0.2, -0.15) is 0 Å². The summed E-state index contributed by atoms with van der Waals surface area (Å²) in [6.45, 7) is 3.77. The van der Waals surface area contributed by atoms with Crippen LogP contribution in [0, 0.1) is 13.8 Å². The molecular weight excluding hydrogens is 214 g/mol. The van der Waals surface area contributed by atoms with E-state index in [1.54, 1.807) is 0 Å². The summed E-state index contributed by atoms with van der Waals surface area (Å²) < 4.78 is 5.31. The van der Waals surface area contributed by atoms with Crippen molar-refractivity contribution in [2.75, 3.05) is 0 Å². The summed E-state index contributed by atoms with van der Waals surface area (Å²) in [5.41, 5.74) is 4.04. The zero-order chi connectivity index (χ0) is 11.8. The van der Waals surface area contributed by atoms with E-state index in [2.05, 4.69) is 15.1 Å². The highest BCUT2D eigenvalue weighted by molar-refractivity contribution is 5.88. The Labute approximate surface area is 98.3 Å². The van der Waals surface area contributed by atoms with Crippen molar-refractivity contribution in [2.45, 2.75) is 13.8 Å². The van der Waals surface area contributed by atoms with E-state index in [4.69, 9.17) is 4.52 Å². The van der Waals surface area contributed by atoms with Crippen LogP contribution in [0.5, 0.6) is 0 Å². The van der Waals surface area contributed by atoms with Gasteiger partial charge in [0.1, 0.15) is 17.0 Å². The van der Waals surface area contributed by atoms with Gasteiger partial charge in [0.2, 0.25) is 5.58 Å². The average Bonchev–Trinajstić information content (AvgIpc) is 2.74. The van der Waals surface area contributed by atoms with E-state index in [0.29, 0.717) is 5.58 Å². The second-order valence-electron chi connectivity index (χ2n) is 3.93. The van der Waals surface area contributed by atoms with Crippen molar-refractivity contribution in [1.82, 2.24) is 15.1 Å². The molecule has 4 nitrogen and oxygen atoms in total. The van der Waals surface area contributed by atoms with Crippen molar-refractivity contribution < 1.29 is 4.52 Å². The first kappa shape index (κ1) is 9.96. The van der Waals surface area contributed by atoms with E-state index in [1.165, 1.54) is 0 Å². The third kappa shape index (κ3) is 1.58. The minimum atomic E-state index is 0.662. The molecular formula is C13H11N3O. The van der Waals surface area contributed by atoms with Gasteiger partial charge in [0.25, 0.3) is 0 Å². The number of nitrogens with zero attached hydrogens (tertiary/aromatic N) is 3. The van der Waals surface area contributed by atoms with E-state index in [1.807, 2.05) is 44.2 Å².